The summed E-state index contributed by atoms with van der Waals surface area (Å²) in [6.45, 7) is 6.21. The van der Waals surface area contributed by atoms with E-state index < -0.39 is 11.9 Å². The number of hydrogen-bond acceptors (Lipinski definition) is 2. The van der Waals surface area contributed by atoms with Crippen molar-refractivity contribution >= 4 is 12.0 Å². The maximum Gasteiger partial charge on any atom is 0.317 e. The van der Waals surface area contributed by atoms with Gasteiger partial charge in [0.2, 0.25) is 0 Å². The molecule has 1 rings (SSSR count). The molecule has 5 heteroatoms. The van der Waals surface area contributed by atoms with Crippen LogP contribution in [0.2, 0.25) is 0 Å². The van der Waals surface area contributed by atoms with Gasteiger partial charge in [0.1, 0.15) is 0 Å². The molecule has 3 atom stereocenters. The lowest BCUT2D eigenvalue weighted by atomic mass is 10.00. The second-order valence-electron chi connectivity index (χ2n) is 5.12. The molecule has 0 aromatic carbocycles. The number of amides is 2. The first-order valence-corrected chi connectivity index (χ1v) is 6.77. The van der Waals surface area contributed by atoms with E-state index in [-0.39, 0.29) is 12.1 Å². The first-order valence-electron chi connectivity index (χ1n) is 6.77. The van der Waals surface area contributed by atoms with Crippen molar-refractivity contribution in [1.29, 1.82) is 0 Å². The van der Waals surface area contributed by atoms with Crippen LogP contribution in [0.1, 0.15) is 46.5 Å². The average Bonchev–Trinajstić information content (AvgIpc) is 2.37. The van der Waals surface area contributed by atoms with Crippen LogP contribution in [0.4, 0.5) is 4.79 Å². The number of likely N-dealkylation sites (tertiary alicyclic amines) is 1. The van der Waals surface area contributed by atoms with Gasteiger partial charge in [-0.3, -0.25) is 4.79 Å². The van der Waals surface area contributed by atoms with Crippen molar-refractivity contribution < 1.29 is 14.7 Å². The van der Waals surface area contributed by atoms with Crippen molar-refractivity contribution in [3.63, 3.8) is 0 Å². The highest BCUT2D eigenvalue weighted by molar-refractivity contribution is 5.77. The number of carboxylic acids is 1. The molecule has 3 unspecified atom stereocenters. The lowest BCUT2D eigenvalue weighted by Crippen LogP contribution is -2.52. The van der Waals surface area contributed by atoms with Crippen molar-refractivity contribution in [2.24, 2.45) is 5.92 Å². The van der Waals surface area contributed by atoms with Crippen LogP contribution in [0.25, 0.3) is 0 Å². The molecular formula is C13H24N2O3. The normalized spacial score (nSPS) is 23.3. The average molecular weight is 256 g/mol. The number of carbonyl (C=O) groups is 2. The molecule has 2 amide bonds. The molecule has 0 spiro atoms. The summed E-state index contributed by atoms with van der Waals surface area (Å²) in [5.41, 5.74) is 0. The van der Waals surface area contributed by atoms with E-state index in [4.69, 9.17) is 5.11 Å². The summed E-state index contributed by atoms with van der Waals surface area (Å²) in [6.07, 6.45) is 4.21. The Balaban J connectivity index is 2.55. The van der Waals surface area contributed by atoms with Crippen LogP contribution in [-0.2, 0) is 4.79 Å². The molecule has 0 aliphatic carbocycles. The molecular weight excluding hydrogens is 232 g/mol. The molecule has 1 aliphatic rings. The maximum absolute atomic E-state index is 12.1. The van der Waals surface area contributed by atoms with Gasteiger partial charge in [-0.1, -0.05) is 6.92 Å². The van der Waals surface area contributed by atoms with E-state index in [2.05, 4.69) is 12.2 Å². The van der Waals surface area contributed by atoms with Crippen LogP contribution >= 0.6 is 0 Å². The van der Waals surface area contributed by atoms with Crippen LogP contribution in [0.5, 0.6) is 0 Å². The summed E-state index contributed by atoms with van der Waals surface area (Å²) in [5, 5.41) is 11.7. The van der Waals surface area contributed by atoms with Gasteiger partial charge in [0.05, 0.1) is 5.92 Å². The fraction of sp³-hybridized carbons (Fsp3) is 0.846. The fourth-order valence-electron chi connectivity index (χ4n) is 2.31. The summed E-state index contributed by atoms with van der Waals surface area (Å²) in [5.74, 6) is -1.45. The molecule has 0 radical (unpaired) electrons. The second-order valence-corrected chi connectivity index (χ2v) is 5.12. The number of hydrogen-bond donors (Lipinski definition) is 2. The number of aliphatic carboxylic acids is 1. The molecule has 1 saturated heterocycles. The Morgan fingerprint density at radius 2 is 2.06 bits per heavy atom. The lowest BCUT2D eigenvalue weighted by molar-refractivity contribution is -0.141. The summed E-state index contributed by atoms with van der Waals surface area (Å²) < 4.78 is 0. The van der Waals surface area contributed by atoms with E-state index in [0.29, 0.717) is 6.04 Å². The van der Waals surface area contributed by atoms with Crippen molar-refractivity contribution in [1.82, 2.24) is 10.2 Å². The Morgan fingerprint density at radius 3 is 2.61 bits per heavy atom. The third-order valence-corrected chi connectivity index (χ3v) is 3.85. The monoisotopic (exact) mass is 256 g/mol. The van der Waals surface area contributed by atoms with Gasteiger partial charge in [-0.05, 0) is 39.5 Å². The van der Waals surface area contributed by atoms with E-state index in [1.54, 1.807) is 13.8 Å². The van der Waals surface area contributed by atoms with Gasteiger partial charge >= 0.3 is 12.0 Å². The van der Waals surface area contributed by atoms with Crippen molar-refractivity contribution in [2.75, 3.05) is 6.54 Å². The highest BCUT2D eigenvalue weighted by Gasteiger charge is 2.28. The molecule has 0 aromatic rings. The minimum Gasteiger partial charge on any atom is -0.481 e. The van der Waals surface area contributed by atoms with E-state index in [0.717, 1.165) is 25.8 Å². The molecule has 1 aliphatic heterocycles. The smallest absolute Gasteiger partial charge is 0.317 e. The number of nitrogens with zero attached hydrogens (tertiary/aromatic N) is 1. The zero-order chi connectivity index (χ0) is 13.7. The molecule has 1 heterocycles. The van der Waals surface area contributed by atoms with Crippen LogP contribution in [0.15, 0.2) is 0 Å². The number of carbonyl (C=O) groups excluding carboxylic acids is 1. The number of urea groups is 1. The molecule has 0 aromatic heterocycles. The van der Waals surface area contributed by atoms with Crippen LogP contribution < -0.4 is 5.32 Å². The van der Waals surface area contributed by atoms with Gasteiger partial charge in [0, 0.05) is 18.6 Å². The summed E-state index contributed by atoms with van der Waals surface area (Å²) in [4.78, 5) is 24.8. The fourth-order valence-corrected chi connectivity index (χ4v) is 2.31. The summed E-state index contributed by atoms with van der Waals surface area (Å²) >= 11 is 0. The van der Waals surface area contributed by atoms with Crippen molar-refractivity contribution in [2.45, 2.75) is 58.5 Å². The zero-order valence-electron chi connectivity index (χ0n) is 11.5. The Bertz CT molecular complexity index is 307. The van der Waals surface area contributed by atoms with Crippen LogP contribution in [0, 0.1) is 5.92 Å². The minimum atomic E-state index is -0.881. The quantitative estimate of drug-likeness (QED) is 0.809. The Morgan fingerprint density at radius 1 is 1.39 bits per heavy atom. The molecule has 2 N–H and O–H groups in total. The Kier molecular flexibility index (Phi) is 5.44. The topological polar surface area (TPSA) is 69.6 Å². The minimum absolute atomic E-state index is 0.123. The van der Waals surface area contributed by atoms with Crippen LogP contribution in [-0.4, -0.2) is 40.6 Å². The lowest BCUT2D eigenvalue weighted by Gasteiger charge is -2.36. The highest BCUT2D eigenvalue weighted by Crippen LogP contribution is 2.19. The Hall–Kier alpha value is -1.26. The zero-order valence-corrected chi connectivity index (χ0v) is 11.5. The van der Waals surface area contributed by atoms with E-state index in [9.17, 15) is 9.59 Å². The van der Waals surface area contributed by atoms with Crippen LogP contribution in [0.3, 0.4) is 0 Å². The maximum atomic E-state index is 12.1. The number of piperidine rings is 1. The first-order chi connectivity index (χ1) is 8.47. The third-order valence-electron chi connectivity index (χ3n) is 3.85. The van der Waals surface area contributed by atoms with Gasteiger partial charge in [-0.2, -0.15) is 0 Å². The van der Waals surface area contributed by atoms with E-state index in [1.165, 1.54) is 6.42 Å². The largest absolute Gasteiger partial charge is 0.481 e. The molecule has 0 bridgehead atoms. The predicted octanol–water partition coefficient (Wildman–Crippen LogP) is 2.07. The summed E-state index contributed by atoms with van der Waals surface area (Å²) in [7, 11) is 0. The van der Waals surface area contributed by atoms with Crippen molar-refractivity contribution in [3.05, 3.63) is 0 Å². The van der Waals surface area contributed by atoms with Gasteiger partial charge in [0.25, 0.3) is 0 Å². The molecule has 5 nitrogen and oxygen atoms in total. The van der Waals surface area contributed by atoms with Gasteiger partial charge in [-0.25, -0.2) is 4.79 Å². The molecule has 0 saturated carbocycles. The van der Waals surface area contributed by atoms with E-state index in [1.807, 2.05) is 4.90 Å². The standard InChI is InChI=1S/C13H24N2O3/c1-4-11-7-5-6-8-15(11)13(18)14-10(3)9(2)12(16)17/h9-11H,4-8H2,1-3H3,(H,14,18)(H,16,17). The van der Waals surface area contributed by atoms with Gasteiger partial charge in [-0.15, -0.1) is 0 Å². The third kappa shape index (κ3) is 3.62. The number of carboxylic acid groups (broad SMARTS) is 1. The van der Waals surface area contributed by atoms with E-state index >= 15 is 0 Å². The number of rotatable bonds is 4. The summed E-state index contributed by atoms with van der Waals surface area (Å²) in [6, 6.07) is -0.178. The van der Waals surface area contributed by atoms with Gasteiger partial charge in [0.15, 0.2) is 0 Å². The van der Waals surface area contributed by atoms with Crippen molar-refractivity contribution in [3.8, 4) is 0 Å². The SMILES string of the molecule is CCC1CCCCN1C(=O)NC(C)C(C)C(=O)O. The second kappa shape index (κ2) is 6.61. The molecule has 104 valence electrons. The highest BCUT2D eigenvalue weighted by atomic mass is 16.4. The first kappa shape index (κ1) is 14.8. The molecule has 18 heavy (non-hydrogen) atoms. The molecule has 1 fully saturated rings. The van der Waals surface area contributed by atoms with Gasteiger partial charge < -0.3 is 15.3 Å². The predicted molar refractivity (Wildman–Crippen MR) is 69.4 cm³/mol. The number of nitrogens with one attached hydrogen (secondary N) is 1. The Labute approximate surface area is 109 Å².